The number of carbonyl (C=O) groups is 1. The molecule has 0 saturated carbocycles. The third kappa shape index (κ3) is 2.41. The monoisotopic (exact) mass is 228 g/mol. The highest BCUT2D eigenvalue weighted by Crippen LogP contribution is 2.24. The SMILES string of the molecule is CCc1ccc(-c2ccc(F)cc2C=O)cc1. The van der Waals surface area contributed by atoms with Gasteiger partial charge in [0, 0.05) is 5.56 Å². The first-order valence-electron chi connectivity index (χ1n) is 5.58. The second-order valence-electron chi connectivity index (χ2n) is 3.90. The summed E-state index contributed by atoms with van der Waals surface area (Å²) in [5, 5.41) is 0. The summed E-state index contributed by atoms with van der Waals surface area (Å²) in [5.41, 5.74) is 3.33. The molecular formula is C15H13FO. The van der Waals surface area contributed by atoms with Gasteiger partial charge in [0.05, 0.1) is 0 Å². The van der Waals surface area contributed by atoms with Crippen LogP contribution in [0.25, 0.3) is 11.1 Å². The van der Waals surface area contributed by atoms with E-state index >= 15 is 0 Å². The van der Waals surface area contributed by atoms with Crippen molar-refractivity contribution in [1.29, 1.82) is 0 Å². The molecule has 2 aromatic rings. The van der Waals surface area contributed by atoms with E-state index in [9.17, 15) is 9.18 Å². The lowest BCUT2D eigenvalue weighted by Crippen LogP contribution is -1.89. The van der Waals surface area contributed by atoms with Gasteiger partial charge < -0.3 is 0 Å². The van der Waals surface area contributed by atoms with Crippen LogP contribution in [0.15, 0.2) is 42.5 Å². The van der Waals surface area contributed by atoms with Gasteiger partial charge >= 0.3 is 0 Å². The maximum atomic E-state index is 13.0. The van der Waals surface area contributed by atoms with Gasteiger partial charge in [0.15, 0.2) is 6.29 Å². The van der Waals surface area contributed by atoms with E-state index in [4.69, 9.17) is 0 Å². The van der Waals surface area contributed by atoms with Crippen LogP contribution in [0, 0.1) is 5.82 Å². The fraction of sp³-hybridized carbons (Fsp3) is 0.133. The van der Waals surface area contributed by atoms with Crippen molar-refractivity contribution < 1.29 is 9.18 Å². The predicted molar refractivity (Wildman–Crippen MR) is 66.6 cm³/mol. The zero-order chi connectivity index (χ0) is 12.3. The fourth-order valence-electron chi connectivity index (χ4n) is 1.81. The van der Waals surface area contributed by atoms with Gasteiger partial charge in [-0.15, -0.1) is 0 Å². The standard InChI is InChI=1S/C15H13FO/c1-2-11-3-5-12(6-4-11)15-8-7-14(16)9-13(15)10-17/h3-10H,2H2,1H3. The average molecular weight is 228 g/mol. The molecule has 0 fully saturated rings. The van der Waals surface area contributed by atoms with E-state index in [2.05, 4.69) is 6.92 Å². The Morgan fingerprint density at radius 1 is 1.12 bits per heavy atom. The molecule has 0 bridgehead atoms. The molecule has 2 aromatic carbocycles. The molecule has 0 aliphatic rings. The zero-order valence-corrected chi connectivity index (χ0v) is 9.61. The lowest BCUT2D eigenvalue weighted by molar-refractivity contribution is 0.112. The van der Waals surface area contributed by atoms with E-state index in [0.717, 1.165) is 17.5 Å². The van der Waals surface area contributed by atoms with Crippen molar-refractivity contribution in [2.24, 2.45) is 0 Å². The molecule has 17 heavy (non-hydrogen) atoms. The van der Waals surface area contributed by atoms with Crippen molar-refractivity contribution in [3.63, 3.8) is 0 Å². The molecule has 2 rings (SSSR count). The summed E-state index contributed by atoms with van der Waals surface area (Å²) >= 11 is 0. The molecule has 0 aliphatic heterocycles. The highest BCUT2D eigenvalue weighted by molar-refractivity contribution is 5.87. The van der Waals surface area contributed by atoms with E-state index in [1.807, 2.05) is 24.3 Å². The molecule has 1 nitrogen and oxygen atoms in total. The molecule has 0 amide bonds. The van der Waals surface area contributed by atoms with Crippen LogP contribution < -0.4 is 0 Å². The second kappa shape index (κ2) is 4.91. The lowest BCUT2D eigenvalue weighted by atomic mass is 9.99. The summed E-state index contributed by atoms with van der Waals surface area (Å²) in [6.45, 7) is 2.09. The van der Waals surface area contributed by atoms with Crippen LogP contribution in [-0.4, -0.2) is 6.29 Å². The van der Waals surface area contributed by atoms with E-state index in [-0.39, 0.29) is 5.82 Å². The molecule has 0 saturated heterocycles. The van der Waals surface area contributed by atoms with Crippen molar-refractivity contribution in [3.8, 4) is 11.1 Å². The van der Waals surface area contributed by atoms with E-state index in [1.165, 1.54) is 17.7 Å². The Bertz CT molecular complexity index is 529. The van der Waals surface area contributed by atoms with Gasteiger partial charge in [-0.1, -0.05) is 37.3 Å². The maximum Gasteiger partial charge on any atom is 0.150 e. The first-order chi connectivity index (χ1) is 8.24. The summed E-state index contributed by atoms with van der Waals surface area (Å²) in [6.07, 6.45) is 1.66. The smallest absolute Gasteiger partial charge is 0.150 e. The largest absolute Gasteiger partial charge is 0.298 e. The first-order valence-corrected chi connectivity index (χ1v) is 5.58. The summed E-state index contributed by atoms with van der Waals surface area (Å²) < 4.78 is 13.0. The molecule has 0 heterocycles. The summed E-state index contributed by atoms with van der Waals surface area (Å²) in [7, 11) is 0. The Morgan fingerprint density at radius 2 is 1.82 bits per heavy atom. The highest BCUT2D eigenvalue weighted by atomic mass is 19.1. The van der Waals surface area contributed by atoms with Crippen molar-refractivity contribution in [3.05, 3.63) is 59.4 Å². The molecule has 0 spiro atoms. The van der Waals surface area contributed by atoms with Crippen molar-refractivity contribution >= 4 is 6.29 Å². The second-order valence-corrected chi connectivity index (χ2v) is 3.90. The van der Waals surface area contributed by atoms with Crippen molar-refractivity contribution in [2.75, 3.05) is 0 Å². The minimum Gasteiger partial charge on any atom is -0.298 e. The predicted octanol–water partition coefficient (Wildman–Crippen LogP) is 3.87. The molecular weight excluding hydrogens is 215 g/mol. The van der Waals surface area contributed by atoms with E-state index in [1.54, 1.807) is 6.07 Å². The Labute approximate surface area is 99.9 Å². The lowest BCUT2D eigenvalue weighted by Gasteiger charge is -2.06. The van der Waals surface area contributed by atoms with E-state index < -0.39 is 0 Å². The number of hydrogen-bond acceptors (Lipinski definition) is 1. The molecule has 0 aliphatic carbocycles. The normalized spacial score (nSPS) is 10.2. The molecule has 0 unspecified atom stereocenters. The molecule has 2 heteroatoms. The van der Waals surface area contributed by atoms with Crippen molar-refractivity contribution in [1.82, 2.24) is 0 Å². The maximum absolute atomic E-state index is 13.0. The fourth-order valence-corrected chi connectivity index (χ4v) is 1.81. The van der Waals surface area contributed by atoms with Crippen LogP contribution >= 0.6 is 0 Å². The van der Waals surface area contributed by atoms with Gasteiger partial charge in [-0.2, -0.15) is 0 Å². The summed E-state index contributed by atoms with van der Waals surface area (Å²) in [6, 6.07) is 12.2. The minimum atomic E-state index is -0.388. The molecule has 0 atom stereocenters. The molecule has 86 valence electrons. The Balaban J connectivity index is 2.48. The Morgan fingerprint density at radius 3 is 2.41 bits per heavy atom. The van der Waals surface area contributed by atoms with Gasteiger partial charge in [-0.3, -0.25) is 4.79 Å². The van der Waals surface area contributed by atoms with Crippen LogP contribution in [0.5, 0.6) is 0 Å². The summed E-state index contributed by atoms with van der Waals surface area (Å²) in [4.78, 5) is 10.9. The van der Waals surface area contributed by atoms with E-state index in [0.29, 0.717) is 11.8 Å². The molecule has 0 radical (unpaired) electrons. The molecule has 0 aromatic heterocycles. The van der Waals surface area contributed by atoms with Gasteiger partial charge in [0.25, 0.3) is 0 Å². The number of hydrogen-bond donors (Lipinski definition) is 0. The van der Waals surface area contributed by atoms with Crippen LogP contribution in [0.2, 0.25) is 0 Å². The third-order valence-electron chi connectivity index (χ3n) is 2.81. The zero-order valence-electron chi connectivity index (χ0n) is 9.61. The average Bonchev–Trinajstić information content (AvgIpc) is 2.39. The van der Waals surface area contributed by atoms with Crippen molar-refractivity contribution in [2.45, 2.75) is 13.3 Å². The van der Waals surface area contributed by atoms with Gasteiger partial charge in [0.1, 0.15) is 5.82 Å². The Hall–Kier alpha value is -1.96. The van der Waals surface area contributed by atoms with Gasteiger partial charge in [0.2, 0.25) is 0 Å². The molecule has 0 N–H and O–H groups in total. The number of rotatable bonds is 3. The number of halogens is 1. The Kier molecular flexibility index (Phi) is 3.33. The first kappa shape index (κ1) is 11.5. The van der Waals surface area contributed by atoms with Gasteiger partial charge in [-0.25, -0.2) is 4.39 Å². The summed E-state index contributed by atoms with van der Waals surface area (Å²) in [5.74, 6) is -0.388. The number of aldehydes is 1. The van der Waals surface area contributed by atoms with Crippen LogP contribution in [0.3, 0.4) is 0 Å². The topological polar surface area (TPSA) is 17.1 Å². The highest BCUT2D eigenvalue weighted by Gasteiger charge is 2.05. The van der Waals surface area contributed by atoms with Gasteiger partial charge in [-0.05, 0) is 35.2 Å². The van der Waals surface area contributed by atoms with Crippen LogP contribution in [0.4, 0.5) is 4.39 Å². The van der Waals surface area contributed by atoms with Crippen LogP contribution in [-0.2, 0) is 6.42 Å². The number of benzene rings is 2. The quantitative estimate of drug-likeness (QED) is 0.729. The number of carbonyl (C=O) groups excluding carboxylic acids is 1. The van der Waals surface area contributed by atoms with Crippen LogP contribution in [0.1, 0.15) is 22.8 Å². The minimum absolute atomic E-state index is 0.384. The third-order valence-corrected chi connectivity index (χ3v) is 2.81. The number of aryl methyl sites for hydroxylation is 1.